The van der Waals surface area contributed by atoms with Gasteiger partial charge < -0.3 is 0 Å². The molecule has 1 atom stereocenters. The lowest BCUT2D eigenvalue weighted by atomic mass is 10.0. The van der Waals surface area contributed by atoms with Crippen molar-refractivity contribution in [3.63, 3.8) is 0 Å². The predicted octanol–water partition coefficient (Wildman–Crippen LogP) is 3.00. The Kier molecular flexibility index (Phi) is 3.59. The number of hydrogen-bond donors (Lipinski definition) is 0. The van der Waals surface area contributed by atoms with Crippen LogP contribution in [-0.2, 0) is 0 Å². The van der Waals surface area contributed by atoms with Crippen molar-refractivity contribution >= 4 is 0 Å². The fourth-order valence-corrected chi connectivity index (χ4v) is 0.606. The third-order valence-electron chi connectivity index (χ3n) is 1.85. The van der Waals surface area contributed by atoms with E-state index in [1.165, 1.54) is 12.0 Å². The van der Waals surface area contributed by atoms with Crippen LogP contribution < -0.4 is 0 Å². The predicted molar refractivity (Wildman–Crippen MR) is 38.9 cm³/mol. The standard InChI is InChI=1S/C8H16/c1-5-7(3)8(4)6-2/h5,8H,6H2,1-4H3/b7-5-/t8-/m0/s1. The Labute approximate surface area is 52.6 Å². The highest BCUT2D eigenvalue weighted by Gasteiger charge is 1.96. The zero-order valence-corrected chi connectivity index (χ0v) is 6.36. The van der Waals surface area contributed by atoms with Gasteiger partial charge in [0.15, 0.2) is 0 Å². The van der Waals surface area contributed by atoms with Crippen molar-refractivity contribution < 1.29 is 0 Å². The third-order valence-corrected chi connectivity index (χ3v) is 1.85. The molecule has 0 N–H and O–H groups in total. The molecule has 0 rings (SSSR count). The van der Waals surface area contributed by atoms with E-state index >= 15 is 0 Å². The highest BCUT2D eigenvalue weighted by atomic mass is 14.0. The quantitative estimate of drug-likeness (QED) is 0.482. The van der Waals surface area contributed by atoms with Gasteiger partial charge in [-0.3, -0.25) is 0 Å². The summed E-state index contributed by atoms with van der Waals surface area (Å²) in [6, 6.07) is 0. The largest absolute Gasteiger partial charge is 0.0885 e. The van der Waals surface area contributed by atoms with Gasteiger partial charge >= 0.3 is 0 Å². The van der Waals surface area contributed by atoms with Crippen molar-refractivity contribution in [1.82, 2.24) is 0 Å². The zero-order valence-electron chi connectivity index (χ0n) is 6.36. The summed E-state index contributed by atoms with van der Waals surface area (Å²) in [6.45, 7) is 8.77. The van der Waals surface area contributed by atoms with Crippen LogP contribution in [-0.4, -0.2) is 0 Å². The van der Waals surface area contributed by atoms with E-state index in [0.717, 1.165) is 5.92 Å². The van der Waals surface area contributed by atoms with E-state index in [1.54, 1.807) is 0 Å². The van der Waals surface area contributed by atoms with Crippen molar-refractivity contribution in [3.8, 4) is 0 Å². The van der Waals surface area contributed by atoms with Crippen LogP contribution in [0.5, 0.6) is 0 Å². The average Bonchev–Trinajstić information content (AvgIpc) is 1.84. The van der Waals surface area contributed by atoms with E-state index in [4.69, 9.17) is 0 Å². The molecule has 0 heteroatoms. The van der Waals surface area contributed by atoms with Gasteiger partial charge in [-0.1, -0.05) is 25.5 Å². The maximum absolute atomic E-state index is 2.26. The van der Waals surface area contributed by atoms with Gasteiger partial charge in [0, 0.05) is 0 Å². The fraction of sp³-hybridized carbons (Fsp3) is 0.750. The highest BCUT2D eigenvalue weighted by Crippen LogP contribution is 2.11. The first-order chi connectivity index (χ1) is 3.72. The molecule has 48 valence electrons. The van der Waals surface area contributed by atoms with Crippen LogP contribution in [0.3, 0.4) is 0 Å². The Morgan fingerprint density at radius 1 is 1.62 bits per heavy atom. The molecule has 0 amide bonds. The molecule has 0 aliphatic carbocycles. The van der Waals surface area contributed by atoms with E-state index in [0.29, 0.717) is 0 Å². The monoisotopic (exact) mass is 112 g/mol. The first-order valence-electron chi connectivity index (χ1n) is 3.35. The molecular formula is C8H16. The first kappa shape index (κ1) is 7.74. The van der Waals surface area contributed by atoms with Crippen LogP contribution in [0.15, 0.2) is 11.6 Å². The normalized spacial score (nSPS) is 16.2. The third kappa shape index (κ3) is 2.15. The second kappa shape index (κ2) is 3.71. The summed E-state index contributed by atoms with van der Waals surface area (Å²) in [7, 11) is 0. The topological polar surface area (TPSA) is 0 Å². The van der Waals surface area contributed by atoms with E-state index in [9.17, 15) is 0 Å². The van der Waals surface area contributed by atoms with Gasteiger partial charge in [-0.2, -0.15) is 0 Å². The number of allylic oxidation sites excluding steroid dienone is 2. The highest BCUT2D eigenvalue weighted by molar-refractivity contribution is 4.99. The van der Waals surface area contributed by atoms with Crippen molar-refractivity contribution in [1.29, 1.82) is 0 Å². The Balaban J connectivity index is 3.63. The summed E-state index contributed by atoms with van der Waals surface area (Å²) in [6.07, 6.45) is 3.45. The summed E-state index contributed by atoms with van der Waals surface area (Å²) >= 11 is 0. The van der Waals surface area contributed by atoms with Crippen LogP contribution in [0.2, 0.25) is 0 Å². The Morgan fingerprint density at radius 2 is 2.12 bits per heavy atom. The van der Waals surface area contributed by atoms with Gasteiger partial charge in [0.2, 0.25) is 0 Å². The van der Waals surface area contributed by atoms with E-state index in [2.05, 4.69) is 33.8 Å². The van der Waals surface area contributed by atoms with Gasteiger partial charge in [0.05, 0.1) is 0 Å². The Hall–Kier alpha value is -0.260. The van der Waals surface area contributed by atoms with Gasteiger partial charge in [-0.15, -0.1) is 0 Å². The number of hydrogen-bond acceptors (Lipinski definition) is 0. The molecule has 0 aromatic heterocycles. The SMILES string of the molecule is C/C=C(/C)[C@@H](C)CC. The molecule has 0 spiro atoms. The first-order valence-corrected chi connectivity index (χ1v) is 3.35. The molecule has 0 bridgehead atoms. The van der Waals surface area contributed by atoms with Crippen molar-refractivity contribution in [3.05, 3.63) is 11.6 Å². The lowest BCUT2D eigenvalue weighted by Crippen LogP contribution is -1.91. The van der Waals surface area contributed by atoms with Crippen LogP contribution in [0, 0.1) is 5.92 Å². The lowest BCUT2D eigenvalue weighted by molar-refractivity contribution is 0.654. The van der Waals surface area contributed by atoms with Gasteiger partial charge in [0.25, 0.3) is 0 Å². The lowest BCUT2D eigenvalue weighted by Gasteiger charge is -2.06. The molecule has 0 aromatic carbocycles. The second-order valence-corrected chi connectivity index (χ2v) is 2.34. The van der Waals surface area contributed by atoms with Crippen molar-refractivity contribution in [2.75, 3.05) is 0 Å². The summed E-state index contributed by atoms with van der Waals surface area (Å²) in [5.74, 6) is 0.778. The van der Waals surface area contributed by atoms with E-state index in [-0.39, 0.29) is 0 Å². The van der Waals surface area contributed by atoms with Crippen molar-refractivity contribution in [2.45, 2.75) is 34.1 Å². The minimum Gasteiger partial charge on any atom is -0.0885 e. The van der Waals surface area contributed by atoms with E-state index in [1.807, 2.05) is 0 Å². The molecule has 0 heterocycles. The maximum Gasteiger partial charge on any atom is -0.0237 e. The maximum atomic E-state index is 2.26. The van der Waals surface area contributed by atoms with E-state index < -0.39 is 0 Å². The smallest absolute Gasteiger partial charge is 0.0237 e. The molecule has 0 aliphatic heterocycles. The summed E-state index contributed by atoms with van der Waals surface area (Å²) in [5, 5.41) is 0. The second-order valence-electron chi connectivity index (χ2n) is 2.34. The number of rotatable bonds is 2. The Bertz CT molecular complexity index is 80.0. The summed E-state index contributed by atoms with van der Waals surface area (Å²) in [5.41, 5.74) is 1.51. The molecule has 0 saturated heterocycles. The molecule has 0 radical (unpaired) electrons. The van der Waals surface area contributed by atoms with Crippen LogP contribution >= 0.6 is 0 Å². The van der Waals surface area contributed by atoms with Crippen LogP contribution in [0.4, 0.5) is 0 Å². The molecule has 0 fully saturated rings. The molecule has 0 unspecified atom stereocenters. The fourth-order valence-electron chi connectivity index (χ4n) is 0.606. The summed E-state index contributed by atoms with van der Waals surface area (Å²) < 4.78 is 0. The van der Waals surface area contributed by atoms with Gasteiger partial charge in [-0.05, 0) is 26.2 Å². The van der Waals surface area contributed by atoms with Gasteiger partial charge in [-0.25, -0.2) is 0 Å². The van der Waals surface area contributed by atoms with Crippen LogP contribution in [0.1, 0.15) is 34.1 Å². The summed E-state index contributed by atoms with van der Waals surface area (Å²) in [4.78, 5) is 0. The van der Waals surface area contributed by atoms with Gasteiger partial charge in [0.1, 0.15) is 0 Å². The minimum absolute atomic E-state index is 0.778. The molecule has 0 aliphatic rings. The molecule has 0 saturated carbocycles. The zero-order chi connectivity index (χ0) is 6.57. The molecule has 0 aromatic rings. The molecule has 0 nitrogen and oxygen atoms in total. The van der Waals surface area contributed by atoms with Crippen molar-refractivity contribution in [2.24, 2.45) is 5.92 Å². The van der Waals surface area contributed by atoms with Crippen LogP contribution in [0.25, 0.3) is 0 Å². The minimum atomic E-state index is 0.778. The molecule has 8 heavy (non-hydrogen) atoms. The Morgan fingerprint density at radius 3 is 2.25 bits per heavy atom. The average molecular weight is 112 g/mol. The molecular weight excluding hydrogens is 96.1 g/mol.